The smallest absolute Gasteiger partial charge is 0.317 e. The van der Waals surface area contributed by atoms with E-state index in [0.29, 0.717) is 7.11 Å². The number of sulfonamides is 1. The lowest BCUT2D eigenvalue weighted by atomic mass is 11.1. The lowest BCUT2D eigenvalue weighted by Crippen LogP contribution is -2.53. The van der Waals surface area contributed by atoms with Gasteiger partial charge in [0.15, 0.2) is 0 Å². The van der Waals surface area contributed by atoms with E-state index in [9.17, 15) is 30.4 Å². The van der Waals surface area contributed by atoms with Gasteiger partial charge in [0, 0.05) is 7.11 Å². The Kier molecular flexibility index (Phi) is 4.58. The molecule has 0 aromatic heterocycles. The highest BCUT2D eigenvalue weighted by Crippen LogP contribution is 2.31. The van der Waals surface area contributed by atoms with Gasteiger partial charge in [0.1, 0.15) is 0 Å². The SMILES string of the molecule is COC(OC(F)F)(OC(F)(F)F)S(N)(=O)=O. The maximum Gasteiger partial charge on any atom is 0.527 e. The van der Waals surface area contributed by atoms with Crippen molar-refractivity contribution < 1.29 is 44.6 Å². The van der Waals surface area contributed by atoms with Crippen LogP contribution in [0.15, 0.2) is 0 Å². The van der Waals surface area contributed by atoms with Crippen molar-refractivity contribution in [3.8, 4) is 0 Å². The van der Waals surface area contributed by atoms with E-state index in [1.807, 2.05) is 0 Å². The van der Waals surface area contributed by atoms with Crippen LogP contribution in [-0.2, 0) is 24.2 Å². The number of primary sulfonamides is 1. The van der Waals surface area contributed by atoms with Crippen molar-refractivity contribution >= 4 is 10.0 Å². The van der Waals surface area contributed by atoms with Gasteiger partial charge in [0.05, 0.1) is 0 Å². The summed E-state index contributed by atoms with van der Waals surface area (Å²) in [5.41, 5.74) is 0. The minimum absolute atomic E-state index is 0.332. The summed E-state index contributed by atoms with van der Waals surface area (Å²) in [6.07, 6.45) is -5.61. The van der Waals surface area contributed by atoms with E-state index in [4.69, 9.17) is 0 Å². The minimum Gasteiger partial charge on any atom is -0.317 e. The van der Waals surface area contributed by atoms with Gasteiger partial charge in [-0.25, -0.2) is 18.3 Å². The summed E-state index contributed by atoms with van der Waals surface area (Å²) >= 11 is 0. The van der Waals surface area contributed by atoms with E-state index < -0.39 is 28.3 Å². The highest BCUT2D eigenvalue weighted by molar-refractivity contribution is 7.90. The summed E-state index contributed by atoms with van der Waals surface area (Å²) in [7, 11) is -5.04. The molecule has 0 saturated carbocycles. The first-order valence-electron chi connectivity index (χ1n) is 3.24. The lowest BCUT2D eigenvalue weighted by Gasteiger charge is -2.28. The average molecular weight is 275 g/mol. The summed E-state index contributed by atoms with van der Waals surface area (Å²) in [6.45, 7) is -3.92. The molecular weight excluding hydrogens is 269 g/mol. The van der Waals surface area contributed by atoms with E-state index in [-0.39, 0.29) is 0 Å². The first kappa shape index (κ1) is 15.4. The largest absolute Gasteiger partial charge is 0.527 e. The first-order valence-corrected chi connectivity index (χ1v) is 4.78. The number of rotatable bonds is 5. The van der Waals surface area contributed by atoms with Gasteiger partial charge in [-0.15, -0.1) is 13.2 Å². The third-order valence-electron chi connectivity index (χ3n) is 1.07. The van der Waals surface area contributed by atoms with E-state index in [1.165, 1.54) is 0 Å². The van der Waals surface area contributed by atoms with Crippen LogP contribution in [-0.4, -0.2) is 33.8 Å². The van der Waals surface area contributed by atoms with Gasteiger partial charge in [-0.3, -0.25) is 4.74 Å². The Labute approximate surface area is 86.1 Å². The van der Waals surface area contributed by atoms with Crippen LogP contribution in [0.25, 0.3) is 0 Å². The fourth-order valence-corrected chi connectivity index (χ4v) is 1.26. The average Bonchev–Trinajstić information content (AvgIpc) is 1.96. The Morgan fingerprint density at radius 2 is 1.69 bits per heavy atom. The van der Waals surface area contributed by atoms with E-state index in [0.717, 1.165) is 0 Å². The third kappa shape index (κ3) is 4.13. The molecule has 0 heterocycles. The topological polar surface area (TPSA) is 87.8 Å². The molecule has 0 fully saturated rings. The number of nitrogens with two attached hydrogens (primary N) is 1. The van der Waals surface area contributed by atoms with Crippen molar-refractivity contribution in [3.63, 3.8) is 0 Å². The molecule has 98 valence electrons. The molecule has 16 heavy (non-hydrogen) atoms. The van der Waals surface area contributed by atoms with Gasteiger partial charge in [0.25, 0.3) is 10.0 Å². The predicted octanol–water partition coefficient (Wildman–Crippen LogP) is 0.308. The number of methoxy groups -OCH3 is 1. The molecule has 0 bridgehead atoms. The first-order chi connectivity index (χ1) is 6.93. The highest BCUT2D eigenvalue weighted by atomic mass is 32.2. The molecule has 0 spiro atoms. The standard InChI is InChI=1S/C4H6F5NO5S/c1-13-4(14-2(5)6,16(10,11)12)15-3(7,8)9/h2H,1H3,(H2,10,11,12). The summed E-state index contributed by atoms with van der Waals surface area (Å²) in [4.78, 5) is 0. The second-order valence-corrected chi connectivity index (χ2v) is 3.77. The molecule has 0 aliphatic heterocycles. The second kappa shape index (κ2) is 4.75. The zero-order valence-corrected chi connectivity index (χ0v) is 8.31. The lowest BCUT2D eigenvalue weighted by molar-refractivity contribution is -0.466. The van der Waals surface area contributed by atoms with Crippen molar-refractivity contribution in [2.24, 2.45) is 5.14 Å². The summed E-state index contributed by atoms with van der Waals surface area (Å²) in [6, 6.07) is 0. The summed E-state index contributed by atoms with van der Waals surface area (Å²) in [5.74, 6) is 0. The minimum atomic E-state index is -5.61. The molecule has 12 heteroatoms. The van der Waals surface area contributed by atoms with Crippen molar-refractivity contribution in [1.29, 1.82) is 0 Å². The fourth-order valence-electron chi connectivity index (χ4n) is 0.606. The van der Waals surface area contributed by atoms with E-state index in [2.05, 4.69) is 19.3 Å². The number of hydrogen-bond acceptors (Lipinski definition) is 5. The quantitative estimate of drug-likeness (QED) is 0.576. The summed E-state index contributed by atoms with van der Waals surface area (Å²) in [5, 5.41) is 0.105. The molecule has 6 nitrogen and oxygen atoms in total. The van der Waals surface area contributed by atoms with E-state index in [1.54, 1.807) is 0 Å². The third-order valence-corrected chi connectivity index (χ3v) is 2.12. The zero-order chi connectivity index (χ0) is 13.2. The molecule has 2 N–H and O–H groups in total. The highest BCUT2D eigenvalue weighted by Gasteiger charge is 2.56. The van der Waals surface area contributed by atoms with Crippen molar-refractivity contribution in [3.05, 3.63) is 0 Å². The second-order valence-electron chi connectivity index (χ2n) is 2.18. The predicted molar refractivity (Wildman–Crippen MR) is 37.1 cm³/mol. The molecule has 0 aliphatic carbocycles. The Bertz CT molecular complexity index is 328. The number of hydrogen-bond donors (Lipinski definition) is 1. The van der Waals surface area contributed by atoms with E-state index >= 15 is 0 Å². The van der Waals surface area contributed by atoms with Gasteiger partial charge < -0.3 is 4.74 Å². The Morgan fingerprint density at radius 1 is 1.25 bits per heavy atom. The monoisotopic (exact) mass is 275 g/mol. The normalized spacial score (nSPS) is 17.5. The molecule has 0 aromatic rings. The Balaban J connectivity index is 5.31. The Morgan fingerprint density at radius 3 is 1.88 bits per heavy atom. The molecule has 0 aromatic carbocycles. The van der Waals surface area contributed by atoms with Crippen LogP contribution in [0.3, 0.4) is 0 Å². The number of ether oxygens (including phenoxy) is 3. The van der Waals surface area contributed by atoms with Crippen LogP contribution >= 0.6 is 0 Å². The van der Waals surface area contributed by atoms with Gasteiger partial charge in [-0.2, -0.15) is 8.78 Å². The molecular formula is C4H6F5NO5S. The van der Waals surface area contributed by atoms with Gasteiger partial charge in [0.2, 0.25) is 0 Å². The maximum absolute atomic E-state index is 11.8. The fraction of sp³-hybridized carbons (Fsp3) is 1.00. The molecule has 0 aliphatic rings. The van der Waals surface area contributed by atoms with Crippen LogP contribution in [0, 0.1) is 0 Å². The molecule has 0 radical (unpaired) electrons. The van der Waals surface area contributed by atoms with Crippen LogP contribution in [0.4, 0.5) is 22.0 Å². The van der Waals surface area contributed by atoms with Crippen LogP contribution in [0.5, 0.6) is 0 Å². The molecule has 1 unspecified atom stereocenters. The molecule has 0 saturated heterocycles. The molecule has 1 atom stereocenters. The van der Waals surface area contributed by atoms with Crippen LogP contribution in [0.2, 0.25) is 0 Å². The van der Waals surface area contributed by atoms with Gasteiger partial charge in [-0.1, -0.05) is 0 Å². The zero-order valence-electron chi connectivity index (χ0n) is 7.49. The van der Waals surface area contributed by atoms with Crippen LogP contribution < -0.4 is 5.14 Å². The number of alkyl halides is 5. The Hall–Kier alpha value is -0.560. The van der Waals surface area contributed by atoms with Crippen LogP contribution in [0.1, 0.15) is 0 Å². The molecule has 0 amide bonds. The number of halogens is 5. The van der Waals surface area contributed by atoms with Gasteiger partial charge >= 0.3 is 18.3 Å². The molecule has 0 rings (SSSR count). The maximum atomic E-state index is 11.8. The van der Waals surface area contributed by atoms with Crippen molar-refractivity contribution in [1.82, 2.24) is 0 Å². The van der Waals surface area contributed by atoms with Crippen molar-refractivity contribution in [2.75, 3.05) is 7.11 Å². The van der Waals surface area contributed by atoms with Crippen molar-refractivity contribution in [2.45, 2.75) is 18.3 Å². The summed E-state index contributed by atoms with van der Waals surface area (Å²) < 4.78 is 89.7. The van der Waals surface area contributed by atoms with Gasteiger partial charge in [-0.05, 0) is 0 Å².